The van der Waals surface area contributed by atoms with Crippen LogP contribution in [-0.4, -0.2) is 57.8 Å². The normalized spacial score (nSPS) is 19.6. The van der Waals surface area contributed by atoms with Gasteiger partial charge in [0.1, 0.15) is 10.4 Å². The molecular formula is C19H22N2O3S3. The molecule has 0 spiro atoms. The second kappa shape index (κ2) is 8.67. The van der Waals surface area contributed by atoms with Crippen molar-refractivity contribution >= 4 is 63.7 Å². The van der Waals surface area contributed by atoms with Gasteiger partial charge in [0.25, 0.3) is 5.91 Å². The lowest BCUT2D eigenvalue weighted by Gasteiger charge is -2.27. The standard InChI is InChI=1S/C19H22N2O3S3/c1-20-8-3-4-13-10-12(5-6-14(13)20)11-16-17(22)21(19(25)27-16)15(18(23)24)7-9-26-2/h5-6,10-11,15H,3-4,7-9H2,1-2H3,(H,23,24)/b16-11-/t15-/m0/s1. The number of carboxylic acid groups (broad SMARTS) is 1. The van der Waals surface area contributed by atoms with E-state index in [1.807, 2.05) is 18.4 Å². The Morgan fingerprint density at radius 2 is 2.26 bits per heavy atom. The van der Waals surface area contributed by atoms with Gasteiger partial charge in [-0.05, 0) is 60.6 Å². The van der Waals surface area contributed by atoms with Gasteiger partial charge in [0.15, 0.2) is 0 Å². The van der Waals surface area contributed by atoms with E-state index >= 15 is 0 Å². The minimum Gasteiger partial charge on any atom is -0.480 e. The van der Waals surface area contributed by atoms with Crippen LogP contribution in [0.3, 0.4) is 0 Å². The Hall–Kier alpha value is -1.51. The molecule has 0 saturated carbocycles. The summed E-state index contributed by atoms with van der Waals surface area (Å²) in [6, 6.07) is 5.28. The predicted octanol–water partition coefficient (Wildman–Crippen LogP) is 3.48. The highest BCUT2D eigenvalue weighted by molar-refractivity contribution is 8.26. The van der Waals surface area contributed by atoms with Crippen molar-refractivity contribution in [3.63, 3.8) is 0 Å². The largest absolute Gasteiger partial charge is 0.480 e. The number of benzene rings is 1. The Balaban J connectivity index is 1.85. The van der Waals surface area contributed by atoms with Crippen LogP contribution in [0, 0.1) is 0 Å². The molecule has 0 unspecified atom stereocenters. The van der Waals surface area contributed by atoms with Gasteiger partial charge in [-0.15, -0.1) is 0 Å². The summed E-state index contributed by atoms with van der Waals surface area (Å²) in [5.74, 6) is -0.669. The van der Waals surface area contributed by atoms with E-state index in [1.54, 1.807) is 11.8 Å². The molecule has 1 saturated heterocycles. The van der Waals surface area contributed by atoms with Crippen molar-refractivity contribution in [3.05, 3.63) is 34.2 Å². The van der Waals surface area contributed by atoms with Crippen LogP contribution in [0.2, 0.25) is 0 Å². The third-order valence-electron chi connectivity index (χ3n) is 4.77. The molecule has 1 fully saturated rings. The Labute approximate surface area is 173 Å². The van der Waals surface area contributed by atoms with Crippen LogP contribution in [0.15, 0.2) is 23.1 Å². The van der Waals surface area contributed by atoms with Crippen molar-refractivity contribution in [2.45, 2.75) is 25.3 Å². The number of hydrogen-bond acceptors (Lipinski definition) is 6. The van der Waals surface area contributed by atoms with Crippen molar-refractivity contribution in [1.82, 2.24) is 4.90 Å². The minimum absolute atomic E-state index is 0.312. The van der Waals surface area contributed by atoms with Crippen molar-refractivity contribution in [3.8, 4) is 0 Å². The van der Waals surface area contributed by atoms with Crippen molar-refractivity contribution in [2.75, 3.05) is 30.5 Å². The highest BCUT2D eigenvalue weighted by Gasteiger charge is 2.40. The van der Waals surface area contributed by atoms with Gasteiger partial charge in [-0.25, -0.2) is 4.79 Å². The first kappa shape index (κ1) is 20.2. The maximum atomic E-state index is 12.8. The smallest absolute Gasteiger partial charge is 0.326 e. The number of carbonyl (C=O) groups is 2. The highest BCUT2D eigenvalue weighted by atomic mass is 32.2. The Morgan fingerprint density at radius 1 is 1.48 bits per heavy atom. The van der Waals surface area contributed by atoms with E-state index in [4.69, 9.17) is 12.2 Å². The molecule has 0 bridgehead atoms. The Kier molecular flexibility index (Phi) is 6.49. The van der Waals surface area contributed by atoms with Crippen LogP contribution in [0.25, 0.3) is 6.08 Å². The van der Waals surface area contributed by atoms with Crippen LogP contribution < -0.4 is 4.90 Å². The first-order chi connectivity index (χ1) is 12.9. The van der Waals surface area contributed by atoms with E-state index < -0.39 is 12.0 Å². The molecule has 3 rings (SSSR count). The summed E-state index contributed by atoms with van der Waals surface area (Å²) in [5, 5.41) is 9.53. The summed E-state index contributed by atoms with van der Waals surface area (Å²) in [5.41, 5.74) is 3.45. The zero-order valence-corrected chi connectivity index (χ0v) is 17.8. The van der Waals surface area contributed by atoms with E-state index in [-0.39, 0.29) is 5.91 Å². The Bertz CT molecular complexity index is 809. The van der Waals surface area contributed by atoms with Gasteiger partial charge in [-0.3, -0.25) is 9.69 Å². The summed E-state index contributed by atoms with van der Waals surface area (Å²) in [7, 11) is 2.09. The molecule has 1 N–H and O–H groups in total. The minimum atomic E-state index is -1.02. The third kappa shape index (κ3) is 4.33. The van der Waals surface area contributed by atoms with E-state index in [2.05, 4.69) is 24.1 Å². The molecule has 0 radical (unpaired) electrons. The molecule has 144 valence electrons. The maximum absolute atomic E-state index is 12.8. The second-order valence-corrected chi connectivity index (χ2v) is 9.26. The molecule has 2 heterocycles. The number of aliphatic carboxylic acids is 1. The molecule has 5 nitrogen and oxygen atoms in total. The Morgan fingerprint density at radius 3 is 2.96 bits per heavy atom. The number of fused-ring (bicyclic) bond motifs is 1. The molecule has 2 aliphatic rings. The van der Waals surface area contributed by atoms with E-state index in [0.717, 1.165) is 24.9 Å². The van der Waals surface area contributed by atoms with Crippen LogP contribution >= 0.6 is 35.7 Å². The van der Waals surface area contributed by atoms with E-state index in [1.165, 1.54) is 27.9 Å². The summed E-state index contributed by atoms with van der Waals surface area (Å²) < 4.78 is 0.317. The zero-order chi connectivity index (χ0) is 19.6. The molecule has 1 amide bonds. The van der Waals surface area contributed by atoms with Gasteiger partial charge in [-0.1, -0.05) is 30.0 Å². The quantitative estimate of drug-likeness (QED) is 0.556. The maximum Gasteiger partial charge on any atom is 0.326 e. The van der Waals surface area contributed by atoms with Gasteiger partial charge in [0, 0.05) is 19.3 Å². The lowest BCUT2D eigenvalue weighted by molar-refractivity contribution is -0.145. The number of nitrogens with zero attached hydrogens (tertiary/aromatic N) is 2. The summed E-state index contributed by atoms with van der Waals surface area (Å²) in [6.45, 7) is 1.05. The summed E-state index contributed by atoms with van der Waals surface area (Å²) >= 11 is 8.06. The molecule has 0 aliphatic carbocycles. The van der Waals surface area contributed by atoms with Crippen molar-refractivity contribution < 1.29 is 14.7 Å². The van der Waals surface area contributed by atoms with Crippen molar-refractivity contribution in [2.24, 2.45) is 0 Å². The van der Waals surface area contributed by atoms with Crippen LogP contribution in [0.4, 0.5) is 5.69 Å². The molecule has 0 aromatic heterocycles. The van der Waals surface area contributed by atoms with Crippen LogP contribution in [0.5, 0.6) is 0 Å². The van der Waals surface area contributed by atoms with Gasteiger partial charge >= 0.3 is 5.97 Å². The topological polar surface area (TPSA) is 60.9 Å². The molecular weight excluding hydrogens is 400 g/mol. The average molecular weight is 423 g/mol. The fourth-order valence-corrected chi connectivity index (χ4v) is 5.20. The average Bonchev–Trinajstić information content (AvgIpc) is 2.89. The fourth-order valence-electron chi connectivity index (χ4n) is 3.39. The first-order valence-corrected chi connectivity index (χ1v) is 11.4. The van der Waals surface area contributed by atoms with E-state index in [9.17, 15) is 14.7 Å². The molecule has 1 aromatic rings. The third-order valence-corrected chi connectivity index (χ3v) is 6.74. The summed E-state index contributed by atoms with van der Waals surface area (Å²) in [4.78, 5) is 28.5. The number of amides is 1. The van der Waals surface area contributed by atoms with Gasteiger partial charge in [0.2, 0.25) is 0 Å². The number of thioether (sulfide) groups is 2. The highest BCUT2D eigenvalue weighted by Crippen LogP contribution is 2.36. The van der Waals surface area contributed by atoms with E-state index in [0.29, 0.717) is 21.4 Å². The lowest BCUT2D eigenvalue weighted by Crippen LogP contribution is -2.44. The molecule has 1 atom stereocenters. The molecule has 8 heteroatoms. The number of carboxylic acids is 1. The molecule has 2 aliphatic heterocycles. The predicted molar refractivity (Wildman–Crippen MR) is 117 cm³/mol. The van der Waals surface area contributed by atoms with Gasteiger partial charge in [-0.2, -0.15) is 11.8 Å². The number of hydrogen-bond donors (Lipinski definition) is 1. The number of thiocarbonyl (C=S) groups is 1. The zero-order valence-electron chi connectivity index (χ0n) is 15.3. The van der Waals surface area contributed by atoms with Crippen LogP contribution in [-0.2, 0) is 16.0 Å². The SMILES string of the molecule is CSCC[C@@H](C(=O)O)N1C(=O)/C(=C/c2ccc3c(c2)CCCN3C)SC1=S. The second-order valence-electron chi connectivity index (χ2n) is 6.60. The number of aryl methyl sites for hydroxylation is 1. The summed E-state index contributed by atoms with van der Waals surface area (Å²) in [6.07, 6.45) is 6.25. The number of anilines is 1. The van der Waals surface area contributed by atoms with Gasteiger partial charge in [0.05, 0.1) is 4.91 Å². The van der Waals surface area contributed by atoms with Crippen LogP contribution in [0.1, 0.15) is 24.0 Å². The fraction of sp³-hybridized carbons (Fsp3) is 0.421. The van der Waals surface area contributed by atoms with Gasteiger partial charge < -0.3 is 10.0 Å². The number of rotatable bonds is 6. The molecule has 1 aromatic carbocycles. The van der Waals surface area contributed by atoms with Crippen molar-refractivity contribution in [1.29, 1.82) is 0 Å². The number of carbonyl (C=O) groups excluding carboxylic acids is 1. The monoisotopic (exact) mass is 422 g/mol. The lowest BCUT2D eigenvalue weighted by atomic mass is 9.99. The molecule has 27 heavy (non-hydrogen) atoms. The first-order valence-electron chi connectivity index (χ1n) is 8.75.